The van der Waals surface area contributed by atoms with Crippen LogP contribution in [0.1, 0.15) is 171 Å². The molecule has 4 heteroatoms. The molecule has 0 radical (unpaired) electrons. The van der Waals surface area contributed by atoms with Crippen molar-refractivity contribution in [1.29, 1.82) is 0 Å². The summed E-state index contributed by atoms with van der Waals surface area (Å²) in [4.78, 5) is 0. The van der Waals surface area contributed by atoms with E-state index in [1.807, 2.05) is 11.3 Å². The van der Waals surface area contributed by atoms with Crippen molar-refractivity contribution in [2.24, 2.45) is 17.3 Å². The lowest BCUT2D eigenvalue weighted by atomic mass is 9.38. The third-order valence-corrected chi connectivity index (χ3v) is 17.3. The van der Waals surface area contributed by atoms with Crippen LogP contribution in [0.15, 0.2) is 143 Å². The minimum absolute atomic E-state index is 0.000644. The summed E-state index contributed by atoms with van der Waals surface area (Å²) >= 11 is 2.00. The van der Waals surface area contributed by atoms with Gasteiger partial charge in [0.1, 0.15) is 0 Å². The van der Waals surface area contributed by atoms with E-state index in [2.05, 4.69) is 243 Å². The number of benzene rings is 3. The molecule has 1 heterocycles. The molecule has 0 amide bonds. The molecule has 1 atom stereocenters. The van der Waals surface area contributed by atoms with E-state index < -0.39 is 0 Å². The monoisotopic (exact) mass is 925 g/mol. The first kappa shape index (κ1) is 51.3. The van der Waals surface area contributed by atoms with Gasteiger partial charge < -0.3 is 10.6 Å². The number of rotatable bonds is 16. The van der Waals surface area contributed by atoms with Crippen LogP contribution in [-0.2, 0) is 21.7 Å². The van der Waals surface area contributed by atoms with Crippen LogP contribution in [0.5, 0.6) is 0 Å². The first-order valence-corrected chi connectivity index (χ1v) is 26.8. The molecular weight excluding hydrogens is 840 g/mol. The maximum Gasteiger partial charge on any atom is 0.254 e. The molecule has 0 spiro atoms. The summed E-state index contributed by atoms with van der Waals surface area (Å²) in [5.41, 5.74) is 15.6. The molecule has 1 unspecified atom stereocenters. The first-order chi connectivity index (χ1) is 31.9. The van der Waals surface area contributed by atoms with Gasteiger partial charge in [-0.05, 0) is 157 Å². The van der Waals surface area contributed by atoms with Crippen molar-refractivity contribution in [3.8, 4) is 0 Å². The second-order valence-corrected chi connectivity index (χ2v) is 26.0. The highest BCUT2D eigenvalue weighted by atomic mass is 32.1. The zero-order valence-corrected chi connectivity index (χ0v) is 45.8. The predicted octanol–water partition coefficient (Wildman–Crippen LogP) is 15.9. The molecule has 2 nitrogen and oxygen atoms in total. The Labute approximate surface area is 418 Å². The van der Waals surface area contributed by atoms with Gasteiger partial charge in [0.05, 0.1) is 0 Å². The summed E-state index contributed by atoms with van der Waals surface area (Å²) in [6.45, 7) is 38.7. The smallest absolute Gasteiger partial charge is 0.254 e. The molecule has 3 aliphatic rings. The van der Waals surface area contributed by atoms with E-state index in [1.165, 1.54) is 102 Å². The van der Waals surface area contributed by atoms with Gasteiger partial charge in [0.25, 0.3) is 6.71 Å². The Morgan fingerprint density at radius 3 is 2.13 bits per heavy atom. The zero-order chi connectivity index (χ0) is 49.4. The largest absolute Gasteiger partial charge is 0.388 e. The molecule has 3 aromatic carbocycles. The van der Waals surface area contributed by atoms with Gasteiger partial charge in [0, 0.05) is 28.4 Å². The van der Waals surface area contributed by atoms with Crippen molar-refractivity contribution in [2.75, 3.05) is 6.54 Å². The fourth-order valence-corrected chi connectivity index (χ4v) is 11.8. The van der Waals surface area contributed by atoms with Gasteiger partial charge in [0.2, 0.25) is 0 Å². The lowest BCUT2D eigenvalue weighted by Gasteiger charge is -2.41. The number of hydrogen-bond donors (Lipinski definition) is 2. The molecule has 0 bridgehead atoms. The topological polar surface area (TPSA) is 24.1 Å². The van der Waals surface area contributed by atoms with Crippen molar-refractivity contribution in [1.82, 2.24) is 10.6 Å². The summed E-state index contributed by atoms with van der Waals surface area (Å²) in [5.74, 6) is 1.19. The van der Waals surface area contributed by atoms with Crippen LogP contribution < -0.4 is 20.9 Å². The number of thiophene rings is 1. The molecular formula is C64H85BN2S. The Morgan fingerprint density at radius 1 is 0.838 bits per heavy atom. The average molecular weight is 925 g/mol. The maximum atomic E-state index is 4.20. The van der Waals surface area contributed by atoms with Crippen molar-refractivity contribution in [3.05, 3.63) is 171 Å². The lowest BCUT2D eigenvalue weighted by Crippen LogP contribution is -2.47. The molecule has 7 rings (SSSR count). The average Bonchev–Trinajstić information content (AvgIpc) is 3.81. The molecule has 360 valence electrons. The van der Waals surface area contributed by atoms with Crippen LogP contribution in [0, 0.1) is 17.3 Å². The number of nitrogens with one attached hydrogen (secondary N) is 2. The van der Waals surface area contributed by atoms with E-state index in [0.717, 1.165) is 6.42 Å². The third kappa shape index (κ3) is 11.4. The molecule has 0 saturated carbocycles. The Hall–Kier alpha value is -4.54. The Balaban J connectivity index is 1.38. The summed E-state index contributed by atoms with van der Waals surface area (Å²) < 4.78 is 2.78. The second-order valence-electron chi connectivity index (χ2n) is 24.9. The van der Waals surface area contributed by atoms with Gasteiger partial charge in [-0.25, -0.2) is 0 Å². The fraction of sp³-hybridized carbons (Fsp3) is 0.469. The van der Waals surface area contributed by atoms with E-state index in [9.17, 15) is 0 Å². The molecule has 3 aliphatic carbocycles. The number of fused-ring (bicyclic) bond motifs is 3. The molecule has 68 heavy (non-hydrogen) atoms. The lowest BCUT2D eigenvalue weighted by molar-refractivity contribution is 0.332. The van der Waals surface area contributed by atoms with Crippen LogP contribution in [-0.4, -0.2) is 19.3 Å². The Bertz CT molecular complexity index is 2620. The van der Waals surface area contributed by atoms with Gasteiger partial charge >= 0.3 is 0 Å². The SMILES string of the molecule is C/C(=C\C(NC1C=CC(C(C)C)=CC1)=C(/CN/C=C/C=C\C1=Cc2ccccc2C1(C)C)B(c1ccc(C(C)(C)CCC(C)C)cc1)c1cc2cc3c(cc2s1)C(C)(C)CCC3(C)C)C(C)(C)C. The molecule has 2 N–H and O–H groups in total. The summed E-state index contributed by atoms with van der Waals surface area (Å²) in [6.07, 6.45) is 26.6. The Morgan fingerprint density at radius 2 is 1.51 bits per heavy atom. The van der Waals surface area contributed by atoms with Crippen LogP contribution in [0.3, 0.4) is 0 Å². The molecule has 0 fully saturated rings. The molecule has 1 aromatic heterocycles. The highest BCUT2D eigenvalue weighted by Crippen LogP contribution is 2.48. The highest BCUT2D eigenvalue weighted by molar-refractivity contribution is 7.31. The van der Waals surface area contributed by atoms with E-state index in [-0.39, 0.29) is 39.8 Å². The van der Waals surface area contributed by atoms with Crippen molar-refractivity contribution in [2.45, 2.75) is 171 Å². The Kier molecular flexibility index (Phi) is 15.1. The van der Waals surface area contributed by atoms with Crippen molar-refractivity contribution < 1.29 is 0 Å². The number of allylic oxidation sites excluding steroid dienone is 8. The predicted molar refractivity (Wildman–Crippen MR) is 303 cm³/mol. The summed E-state index contributed by atoms with van der Waals surface area (Å²) in [5, 5.41) is 9.45. The number of hydrogen-bond acceptors (Lipinski definition) is 3. The van der Waals surface area contributed by atoms with Gasteiger partial charge in [-0.1, -0.05) is 206 Å². The maximum absolute atomic E-state index is 4.20. The van der Waals surface area contributed by atoms with Crippen molar-refractivity contribution >= 4 is 44.5 Å². The summed E-state index contributed by atoms with van der Waals surface area (Å²) in [7, 11) is 0. The van der Waals surface area contributed by atoms with E-state index in [4.69, 9.17) is 0 Å². The first-order valence-electron chi connectivity index (χ1n) is 26.0. The quantitative estimate of drug-likeness (QED) is 0.0864. The minimum Gasteiger partial charge on any atom is -0.388 e. The summed E-state index contributed by atoms with van der Waals surface area (Å²) in [6, 6.07) is 26.5. The van der Waals surface area contributed by atoms with Gasteiger partial charge in [0.15, 0.2) is 0 Å². The zero-order valence-electron chi connectivity index (χ0n) is 45.0. The van der Waals surface area contributed by atoms with E-state index in [0.29, 0.717) is 18.4 Å². The second kappa shape index (κ2) is 20.1. The molecule has 0 aliphatic heterocycles. The van der Waals surface area contributed by atoms with Gasteiger partial charge in [-0.3, -0.25) is 0 Å². The highest BCUT2D eigenvalue weighted by Gasteiger charge is 2.38. The molecule has 0 saturated heterocycles. The standard InChI is InChI=1S/C64H85BN2S/c1-43(2)32-33-61(9,10)49-26-28-51(29-27-49)65(59-40-48-39-54-55(41-58(48)68-59)63(13,14)35-34-62(54,11)12)56(42-66-36-20-19-22-50-38-47-21-17-18-23-53(47)64(50,15)16)57(37-45(5)60(6,7)8)67-52-30-24-46(25-31-52)44(3)4/h17-30,36-41,43-44,52,66-67H,31-35,42H2,1-16H3/b22-19-,36-20+,45-37+,57-56-. The van der Waals surface area contributed by atoms with E-state index in [1.54, 1.807) is 0 Å². The fourth-order valence-electron chi connectivity index (χ4n) is 10.5. The van der Waals surface area contributed by atoms with Crippen LogP contribution in [0.25, 0.3) is 16.2 Å². The normalized spacial score (nSPS) is 19.4. The van der Waals surface area contributed by atoms with E-state index >= 15 is 0 Å². The third-order valence-electron chi connectivity index (χ3n) is 16.1. The van der Waals surface area contributed by atoms with Crippen molar-refractivity contribution in [3.63, 3.8) is 0 Å². The van der Waals surface area contributed by atoms with Crippen LogP contribution >= 0.6 is 11.3 Å². The van der Waals surface area contributed by atoms with Gasteiger partial charge in [-0.2, -0.15) is 0 Å². The minimum atomic E-state index is -0.0256. The van der Waals surface area contributed by atoms with Crippen LogP contribution in [0.2, 0.25) is 0 Å². The molecule has 4 aromatic rings. The van der Waals surface area contributed by atoms with Crippen LogP contribution in [0.4, 0.5) is 0 Å². The van der Waals surface area contributed by atoms with Gasteiger partial charge in [-0.15, -0.1) is 11.3 Å².